The Balaban J connectivity index is 1.95. The zero-order chi connectivity index (χ0) is 14.6. The van der Waals surface area contributed by atoms with Crippen LogP contribution in [0.4, 0.5) is 0 Å². The van der Waals surface area contributed by atoms with Crippen LogP contribution in [-0.4, -0.2) is 50.3 Å². The molecule has 118 valence electrons. The van der Waals surface area contributed by atoms with Crippen LogP contribution in [0.1, 0.15) is 52.9 Å². The molecule has 0 amide bonds. The van der Waals surface area contributed by atoms with Crippen LogP contribution in [0.3, 0.4) is 0 Å². The molecule has 3 unspecified atom stereocenters. The van der Waals surface area contributed by atoms with Crippen LogP contribution in [0.15, 0.2) is 0 Å². The molecule has 3 nitrogen and oxygen atoms in total. The fourth-order valence-electron chi connectivity index (χ4n) is 4.16. The predicted molar refractivity (Wildman–Crippen MR) is 85.1 cm³/mol. The molecule has 0 aromatic heterocycles. The van der Waals surface area contributed by atoms with E-state index in [1.54, 1.807) is 0 Å². The highest BCUT2D eigenvalue weighted by Gasteiger charge is 2.38. The van der Waals surface area contributed by atoms with E-state index in [1.807, 2.05) is 7.11 Å². The fourth-order valence-corrected chi connectivity index (χ4v) is 4.16. The normalized spacial score (nSPS) is 35.9. The highest BCUT2D eigenvalue weighted by atomic mass is 16.5. The Morgan fingerprint density at radius 3 is 2.75 bits per heavy atom. The van der Waals surface area contributed by atoms with E-state index >= 15 is 0 Å². The molecule has 3 heteroatoms. The summed E-state index contributed by atoms with van der Waals surface area (Å²) in [7, 11) is 1.85. The van der Waals surface area contributed by atoms with E-state index in [1.165, 1.54) is 51.7 Å². The molecule has 0 spiro atoms. The van der Waals surface area contributed by atoms with Crippen molar-refractivity contribution in [1.82, 2.24) is 10.2 Å². The minimum absolute atomic E-state index is 0.464. The lowest BCUT2D eigenvalue weighted by molar-refractivity contribution is 0.0702. The molecule has 2 rings (SSSR count). The Kier molecular flexibility index (Phi) is 5.88. The molecular formula is C17H34N2O. The summed E-state index contributed by atoms with van der Waals surface area (Å²) >= 11 is 0. The minimum Gasteiger partial charge on any atom is -0.380 e. The van der Waals surface area contributed by atoms with Gasteiger partial charge in [0, 0.05) is 39.3 Å². The Hall–Kier alpha value is -0.120. The summed E-state index contributed by atoms with van der Waals surface area (Å²) in [6, 6.07) is 0.592. The number of nitrogens with one attached hydrogen (secondary N) is 1. The number of hydrogen-bond acceptors (Lipinski definition) is 3. The molecule has 1 saturated heterocycles. The van der Waals surface area contributed by atoms with E-state index in [-0.39, 0.29) is 0 Å². The van der Waals surface area contributed by atoms with Gasteiger partial charge in [-0.25, -0.2) is 0 Å². The van der Waals surface area contributed by atoms with Gasteiger partial charge in [-0.15, -0.1) is 0 Å². The first kappa shape index (κ1) is 16.3. The third-order valence-corrected chi connectivity index (χ3v) is 5.19. The second-order valence-corrected chi connectivity index (χ2v) is 7.62. The van der Waals surface area contributed by atoms with Crippen molar-refractivity contribution in [3.05, 3.63) is 0 Å². The average Bonchev–Trinajstić information content (AvgIpc) is 2.84. The molecule has 0 aromatic rings. The van der Waals surface area contributed by atoms with Crippen LogP contribution in [-0.2, 0) is 4.74 Å². The highest BCUT2D eigenvalue weighted by molar-refractivity contribution is 4.92. The predicted octanol–water partition coefficient (Wildman–Crippen LogP) is 2.90. The number of ether oxygens (including phenoxy) is 1. The number of nitrogens with zero attached hydrogens (tertiary/aromatic N) is 1. The van der Waals surface area contributed by atoms with Gasteiger partial charge in [0.15, 0.2) is 0 Å². The lowest BCUT2D eigenvalue weighted by atomic mass is 9.69. The van der Waals surface area contributed by atoms with E-state index in [0.29, 0.717) is 17.6 Å². The van der Waals surface area contributed by atoms with Crippen molar-refractivity contribution in [2.24, 2.45) is 11.3 Å². The van der Waals surface area contributed by atoms with Crippen LogP contribution in [0.25, 0.3) is 0 Å². The summed E-state index contributed by atoms with van der Waals surface area (Å²) in [6.45, 7) is 11.8. The van der Waals surface area contributed by atoms with Crippen molar-refractivity contribution >= 4 is 0 Å². The summed E-state index contributed by atoms with van der Waals surface area (Å²) in [6.07, 6.45) is 7.28. The Morgan fingerprint density at radius 1 is 1.35 bits per heavy atom. The van der Waals surface area contributed by atoms with Gasteiger partial charge >= 0.3 is 0 Å². The monoisotopic (exact) mass is 282 g/mol. The molecule has 1 aliphatic heterocycles. The van der Waals surface area contributed by atoms with Gasteiger partial charge in [-0.1, -0.05) is 33.6 Å². The summed E-state index contributed by atoms with van der Waals surface area (Å²) < 4.78 is 5.53. The molecule has 0 aromatic carbocycles. The van der Waals surface area contributed by atoms with Crippen LogP contribution in [0, 0.1) is 11.3 Å². The summed E-state index contributed by atoms with van der Waals surface area (Å²) in [5, 5.41) is 3.72. The van der Waals surface area contributed by atoms with Crippen molar-refractivity contribution in [3.8, 4) is 0 Å². The van der Waals surface area contributed by atoms with Gasteiger partial charge in [-0.05, 0) is 30.6 Å². The molecule has 2 aliphatic rings. The van der Waals surface area contributed by atoms with Gasteiger partial charge in [0.25, 0.3) is 0 Å². The lowest BCUT2D eigenvalue weighted by Crippen LogP contribution is -2.47. The third-order valence-electron chi connectivity index (χ3n) is 5.19. The van der Waals surface area contributed by atoms with E-state index in [2.05, 4.69) is 31.0 Å². The fraction of sp³-hybridized carbons (Fsp3) is 1.00. The largest absolute Gasteiger partial charge is 0.380 e. The zero-order valence-corrected chi connectivity index (χ0v) is 14.0. The first-order valence-corrected chi connectivity index (χ1v) is 8.51. The maximum absolute atomic E-state index is 5.53. The van der Waals surface area contributed by atoms with Gasteiger partial charge in [0.2, 0.25) is 0 Å². The molecule has 2 fully saturated rings. The lowest BCUT2D eigenvalue weighted by Gasteiger charge is -2.43. The van der Waals surface area contributed by atoms with Crippen molar-refractivity contribution in [2.45, 2.75) is 65.0 Å². The number of rotatable bonds is 6. The molecular weight excluding hydrogens is 248 g/mol. The summed E-state index contributed by atoms with van der Waals surface area (Å²) in [5.41, 5.74) is 0.491. The minimum atomic E-state index is 0.464. The van der Waals surface area contributed by atoms with Gasteiger partial charge in [-0.2, -0.15) is 0 Å². The number of likely N-dealkylation sites (tertiary alicyclic amines) is 1. The first-order chi connectivity index (χ1) is 9.53. The maximum Gasteiger partial charge on any atom is 0.0710 e. The van der Waals surface area contributed by atoms with Crippen LogP contribution in [0.5, 0.6) is 0 Å². The topological polar surface area (TPSA) is 24.5 Å². The Labute approximate surface area is 125 Å². The molecule has 20 heavy (non-hydrogen) atoms. The van der Waals surface area contributed by atoms with Crippen molar-refractivity contribution in [1.29, 1.82) is 0 Å². The van der Waals surface area contributed by atoms with E-state index < -0.39 is 0 Å². The number of hydrogen-bond donors (Lipinski definition) is 1. The molecule has 1 saturated carbocycles. The maximum atomic E-state index is 5.53. The quantitative estimate of drug-likeness (QED) is 0.811. The van der Waals surface area contributed by atoms with Gasteiger partial charge in [0.05, 0.1) is 6.10 Å². The molecule has 3 atom stereocenters. The molecule has 1 N–H and O–H groups in total. The van der Waals surface area contributed by atoms with E-state index in [9.17, 15) is 0 Å². The number of methoxy groups -OCH3 is 1. The highest BCUT2D eigenvalue weighted by Crippen LogP contribution is 2.40. The smallest absolute Gasteiger partial charge is 0.0710 e. The third kappa shape index (κ3) is 4.44. The molecule has 0 bridgehead atoms. The molecule has 1 aliphatic carbocycles. The second kappa shape index (κ2) is 7.24. The van der Waals surface area contributed by atoms with Gasteiger partial charge < -0.3 is 15.0 Å². The van der Waals surface area contributed by atoms with Crippen LogP contribution in [0.2, 0.25) is 0 Å². The summed E-state index contributed by atoms with van der Waals surface area (Å²) in [5.74, 6) is 0.888. The standard InChI is InChI=1S/C17H34N2O/c1-14(2)18-12-17(8-5-6-15(3)10-17)13-19-9-7-16(11-19)20-4/h14-16,18H,5-13H2,1-4H3. The zero-order valence-electron chi connectivity index (χ0n) is 14.0. The van der Waals surface area contributed by atoms with Crippen molar-refractivity contribution in [3.63, 3.8) is 0 Å². The van der Waals surface area contributed by atoms with Gasteiger partial charge in [-0.3, -0.25) is 0 Å². The molecule has 1 heterocycles. The van der Waals surface area contributed by atoms with Crippen LogP contribution < -0.4 is 5.32 Å². The summed E-state index contributed by atoms with van der Waals surface area (Å²) in [4.78, 5) is 2.65. The van der Waals surface area contributed by atoms with Crippen molar-refractivity contribution in [2.75, 3.05) is 33.3 Å². The molecule has 0 radical (unpaired) electrons. The van der Waals surface area contributed by atoms with E-state index in [0.717, 1.165) is 12.5 Å². The van der Waals surface area contributed by atoms with Crippen LogP contribution >= 0.6 is 0 Å². The Bertz CT molecular complexity index is 295. The SMILES string of the molecule is COC1CCN(CC2(CNC(C)C)CCCC(C)C2)C1. The van der Waals surface area contributed by atoms with Crippen molar-refractivity contribution < 1.29 is 4.74 Å². The van der Waals surface area contributed by atoms with E-state index in [4.69, 9.17) is 4.74 Å². The Morgan fingerprint density at radius 2 is 2.15 bits per heavy atom. The average molecular weight is 282 g/mol. The first-order valence-electron chi connectivity index (χ1n) is 8.51. The second-order valence-electron chi connectivity index (χ2n) is 7.62. The van der Waals surface area contributed by atoms with Gasteiger partial charge in [0.1, 0.15) is 0 Å².